The van der Waals surface area contributed by atoms with Gasteiger partial charge in [-0.15, -0.1) is 0 Å². The lowest BCUT2D eigenvalue weighted by Gasteiger charge is -2.13. The highest BCUT2D eigenvalue weighted by atomic mass is 16.5. The molecule has 6 aromatic heterocycles. The fraction of sp³-hybridized carbons (Fsp3) is 0. The fourth-order valence-electron chi connectivity index (χ4n) is 8.65. The molecule has 0 atom stereocenters. The summed E-state index contributed by atoms with van der Waals surface area (Å²) in [5.74, 6) is 1.40. The first-order valence-electron chi connectivity index (χ1n) is 19.6. The van der Waals surface area contributed by atoms with Crippen LogP contribution in [0.2, 0.25) is 0 Å². The first kappa shape index (κ1) is 33.0. The Hall–Kier alpha value is -8.16. The van der Waals surface area contributed by atoms with E-state index in [1.54, 1.807) is 0 Å². The lowest BCUT2D eigenvalue weighted by Crippen LogP contribution is -1.97. The van der Waals surface area contributed by atoms with Crippen LogP contribution >= 0.6 is 0 Å². The fourth-order valence-corrected chi connectivity index (χ4v) is 8.65. The van der Waals surface area contributed by atoms with Crippen molar-refractivity contribution in [3.63, 3.8) is 0 Å². The zero-order chi connectivity index (χ0) is 38.9. The first-order chi connectivity index (χ1) is 29.3. The Morgan fingerprint density at radius 3 is 1.12 bits per heavy atom. The average molecular weight is 757 g/mol. The standard InChI is InChI=1S/C52H32N6O/c1-5-15-33(16-6-1)45-47(35-19-9-3-10-20-35)57-49-41(23-13-29-53-49)39-27-25-37(31-43(39)51(57)55-45)59-38-26-28-40-42-24-14-30-54-50(42)58-48(36-21-11-4-12-22-36)46(34-17-7-2-8-18-34)56-52(58)44(40)32-38/h1-32H. The molecule has 12 rings (SSSR count). The normalized spacial score (nSPS) is 11.7. The van der Waals surface area contributed by atoms with Crippen LogP contribution in [0.1, 0.15) is 0 Å². The quantitative estimate of drug-likeness (QED) is 0.158. The molecule has 7 heteroatoms. The lowest BCUT2D eigenvalue weighted by molar-refractivity contribution is 0.484. The molecule has 0 aliphatic rings. The van der Waals surface area contributed by atoms with Crippen molar-refractivity contribution in [1.82, 2.24) is 28.7 Å². The molecule has 0 aliphatic heterocycles. The van der Waals surface area contributed by atoms with Gasteiger partial charge in [-0.2, -0.15) is 0 Å². The second-order valence-electron chi connectivity index (χ2n) is 14.7. The van der Waals surface area contributed by atoms with Crippen molar-refractivity contribution in [2.24, 2.45) is 0 Å². The molecular formula is C52H32N6O. The molecule has 0 fully saturated rings. The van der Waals surface area contributed by atoms with E-state index < -0.39 is 0 Å². The summed E-state index contributed by atoms with van der Waals surface area (Å²) >= 11 is 0. The van der Waals surface area contributed by atoms with Crippen LogP contribution in [-0.4, -0.2) is 28.7 Å². The predicted octanol–water partition coefficient (Wildman–Crippen LogP) is 12.8. The maximum Gasteiger partial charge on any atom is 0.147 e. The van der Waals surface area contributed by atoms with Crippen LogP contribution in [0.3, 0.4) is 0 Å². The topological polar surface area (TPSA) is 69.6 Å². The van der Waals surface area contributed by atoms with Crippen LogP contribution < -0.4 is 4.74 Å². The highest BCUT2D eigenvalue weighted by Gasteiger charge is 2.23. The van der Waals surface area contributed by atoms with Crippen molar-refractivity contribution >= 4 is 54.9 Å². The number of hydrogen-bond donors (Lipinski definition) is 0. The van der Waals surface area contributed by atoms with E-state index in [4.69, 9.17) is 24.7 Å². The summed E-state index contributed by atoms with van der Waals surface area (Å²) < 4.78 is 11.2. The number of hydrogen-bond acceptors (Lipinski definition) is 5. The summed E-state index contributed by atoms with van der Waals surface area (Å²) in [6.07, 6.45) is 3.70. The summed E-state index contributed by atoms with van der Waals surface area (Å²) in [6.45, 7) is 0. The third-order valence-corrected chi connectivity index (χ3v) is 11.2. The van der Waals surface area contributed by atoms with Gasteiger partial charge in [-0.05, 0) is 71.4 Å². The molecule has 6 aromatic carbocycles. The predicted molar refractivity (Wildman–Crippen MR) is 238 cm³/mol. The minimum atomic E-state index is 0.698. The van der Waals surface area contributed by atoms with Gasteiger partial charge in [-0.25, -0.2) is 19.9 Å². The first-order valence-corrected chi connectivity index (χ1v) is 19.6. The number of imidazole rings is 2. The molecule has 0 saturated carbocycles. The lowest BCUT2D eigenvalue weighted by atomic mass is 10.0. The number of rotatable bonds is 6. The maximum absolute atomic E-state index is 6.82. The Bertz CT molecular complexity index is 3330. The van der Waals surface area contributed by atoms with Gasteiger partial charge in [0.2, 0.25) is 0 Å². The molecule has 0 aliphatic carbocycles. The van der Waals surface area contributed by atoms with E-state index in [0.717, 1.165) is 99.9 Å². The van der Waals surface area contributed by atoms with E-state index in [9.17, 15) is 0 Å². The summed E-state index contributed by atoms with van der Waals surface area (Å²) in [7, 11) is 0. The Balaban J connectivity index is 1.08. The highest BCUT2D eigenvalue weighted by molar-refractivity contribution is 6.14. The van der Waals surface area contributed by atoms with Gasteiger partial charge in [0.25, 0.3) is 0 Å². The molecule has 0 spiro atoms. The summed E-state index contributed by atoms with van der Waals surface area (Å²) in [6, 6.07) is 62.4. The molecule has 0 unspecified atom stereocenters. The van der Waals surface area contributed by atoms with E-state index in [2.05, 4.69) is 142 Å². The Labute approximate surface area is 338 Å². The van der Waals surface area contributed by atoms with Crippen LogP contribution in [0.15, 0.2) is 194 Å². The van der Waals surface area contributed by atoms with E-state index in [1.165, 1.54) is 0 Å². The number of pyridine rings is 4. The van der Waals surface area contributed by atoms with Gasteiger partial charge in [0.05, 0.1) is 22.8 Å². The van der Waals surface area contributed by atoms with Crippen LogP contribution in [-0.2, 0) is 0 Å². The van der Waals surface area contributed by atoms with E-state index >= 15 is 0 Å². The zero-order valence-electron chi connectivity index (χ0n) is 31.6. The van der Waals surface area contributed by atoms with Crippen LogP contribution in [0, 0.1) is 0 Å². The Morgan fingerprint density at radius 2 is 0.712 bits per heavy atom. The summed E-state index contributed by atoms with van der Waals surface area (Å²) in [5, 5.41) is 6.11. The largest absolute Gasteiger partial charge is 0.457 e. The van der Waals surface area contributed by atoms with Gasteiger partial charge in [0.15, 0.2) is 0 Å². The zero-order valence-corrected chi connectivity index (χ0v) is 31.6. The minimum absolute atomic E-state index is 0.698. The third kappa shape index (κ3) is 5.22. The second kappa shape index (κ2) is 13.2. The van der Waals surface area contributed by atoms with Crippen LogP contribution in [0.25, 0.3) is 99.9 Å². The van der Waals surface area contributed by atoms with Crippen LogP contribution in [0.4, 0.5) is 0 Å². The SMILES string of the molecule is c1ccc(-c2nc3c4cc(Oc5ccc6c7cccnc7n7c(-c8ccccc8)c(-c8ccccc8)nc7c6c5)ccc4c4cccnc4n3c2-c2ccccc2)cc1. The van der Waals surface area contributed by atoms with Crippen molar-refractivity contribution < 1.29 is 4.74 Å². The maximum atomic E-state index is 6.82. The smallest absolute Gasteiger partial charge is 0.147 e. The van der Waals surface area contributed by atoms with Crippen molar-refractivity contribution in [2.45, 2.75) is 0 Å². The second-order valence-corrected chi connectivity index (χ2v) is 14.7. The molecule has 0 amide bonds. The molecule has 6 heterocycles. The summed E-state index contributed by atoms with van der Waals surface area (Å²) in [5.41, 5.74) is 11.3. The third-order valence-electron chi connectivity index (χ3n) is 11.2. The molecule has 12 aromatic rings. The van der Waals surface area contributed by atoms with Gasteiger partial charge in [-0.3, -0.25) is 8.80 Å². The minimum Gasteiger partial charge on any atom is -0.457 e. The Morgan fingerprint density at radius 1 is 0.322 bits per heavy atom. The van der Waals surface area contributed by atoms with Gasteiger partial charge < -0.3 is 4.74 Å². The van der Waals surface area contributed by atoms with Crippen LogP contribution in [0.5, 0.6) is 11.5 Å². The summed E-state index contributed by atoms with van der Waals surface area (Å²) in [4.78, 5) is 20.7. The molecule has 7 nitrogen and oxygen atoms in total. The monoisotopic (exact) mass is 756 g/mol. The van der Waals surface area contributed by atoms with Gasteiger partial charge in [0.1, 0.15) is 34.1 Å². The number of fused-ring (bicyclic) bond motifs is 12. The molecule has 0 N–H and O–H groups in total. The molecular weight excluding hydrogens is 725 g/mol. The molecule has 0 bridgehead atoms. The van der Waals surface area contributed by atoms with E-state index in [1.807, 2.05) is 60.9 Å². The van der Waals surface area contributed by atoms with Gasteiger partial charge >= 0.3 is 0 Å². The average Bonchev–Trinajstić information content (AvgIpc) is 3.92. The number of nitrogens with zero attached hydrogens (tertiary/aromatic N) is 6. The number of ether oxygens (including phenoxy) is 1. The molecule has 276 valence electrons. The molecule has 0 radical (unpaired) electrons. The molecule has 59 heavy (non-hydrogen) atoms. The Kier molecular flexibility index (Phi) is 7.40. The van der Waals surface area contributed by atoms with Crippen molar-refractivity contribution in [1.29, 1.82) is 0 Å². The molecule has 0 saturated heterocycles. The van der Waals surface area contributed by atoms with Crippen molar-refractivity contribution in [2.75, 3.05) is 0 Å². The van der Waals surface area contributed by atoms with E-state index in [0.29, 0.717) is 11.5 Å². The van der Waals surface area contributed by atoms with Gasteiger partial charge in [0, 0.05) is 56.2 Å². The van der Waals surface area contributed by atoms with Crippen molar-refractivity contribution in [3.8, 4) is 56.5 Å². The number of aromatic nitrogens is 6. The van der Waals surface area contributed by atoms with Gasteiger partial charge in [-0.1, -0.05) is 121 Å². The van der Waals surface area contributed by atoms with E-state index in [-0.39, 0.29) is 0 Å². The van der Waals surface area contributed by atoms with Crippen molar-refractivity contribution in [3.05, 3.63) is 194 Å². The number of benzene rings is 6. The highest BCUT2D eigenvalue weighted by Crippen LogP contribution is 2.42.